The van der Waals surface area contributed by atoms with Gasteiger partial charge in [-0.25, -0.2) is 0 Å². The van der Waals surface area contributed by atoms with Crippen molar-refractivity contribution in [1.82, 2.24) is 19.6 Å². The zero-order valence-electron chi connectivity index (χ0n) is 13.6. The van der Waals surface area contributed by atoms with E-state index in [-0.39, 0.29) is 5.91 Å². The second kappa shape index (κ2) is 6.93. The standard InChI is InChI=1S/C19H14ClN5O/c20-15-3-1-2-13(9-15)8-14-4-6-17(21-10-14)19(26)23-16-5-7-18-24-22-12-25(18)11-16/h1-7,9-12H,8H2,(H,23,26). The molecule has 0 saturated carbocycles. The Morgan fingerprint density at radius 1 is 1.12 bits per heavy atom. The van der Waals surface area contributed by atoms with E-state index in [1.165, 1.54) is 0 Å². The average molecular weight is 364 g/mol. The van der Waals surface area contributed by atoms with E-state index in [4.69, 9.17) is 11.6 Å². The van der Waals surface area contributed by atoms with Gasteiger partial charge in [0.05, 0.1) is 5.69 Å². The maximum absolute atomic E-state index is 12.4. The number of rotatable bonds is 4. The van der Waals surface area contributed by atoms with Crippen molar-refractivity contribution >= 4 is 28.8 Å². The summed E-state index contributed by atoms with van der Waals surface area (Å²) in [5.41, 5.74) is 3.82. The fraction of sp³-hybridized carbons (Fsp3) is 0.0526. The molecule has 0 spiro atoms. The lowest BCUT2D eigenvalue weighted by atomic mass is 10.1. The maximum Gasteiger partial charge on any atom is 0.274 e. The van der Waals surface area contributed by atoms with Gasteiger partial charge >= 0.3 is 0 Å². The van der Waals surface area contributed by atoms with Crippen LogP contribution in [0, 0.1) is 0 Å². The molecule has 0 atom stereocenters. The van der Waals surface area contributed by atoms with Crippen molar-refractivity contribution in [3.63, 3.8) is 0 Å². The summed E-state index contributed by atoms with van der Waals surface area (Å²) in [7, 11) is 0. The molecule has 128 valence electrons. The summed E-state index contributed by atoms with van der Waals surface area (Å²) in [5, 5.41) is 11.3. The molecule has 7 heteroatoms. The van der Waals surface area contributed by atoms with Crippen LogP contribution in [0.25, 0.3) is 5.65 Å². The Kier molecular flexibility index (Phi) is 4.33. The number of nitrogens with one attached hydrogen (secondary N) is 1. The summed E-state index contributed by atoms with van der Waals surface area (Å²) in [6.07, 6.45) is 5.74. The molecule has 26 heavy (non-hydrogen) atoms. The number of carbonyl (C=O) groups excluding carboxylic acids is 1. The molecule has 0 aliphatic heterocycles. The van der Waals surface area contributed by atoms with Crippen molar-refractivity contribution in [2.75, 3.05) is 5.32 Å². The molecule has 0 radical (unpaired) electrons. The molecular weight excluding hydrogens is 350 g/mol. The molecule has 4 rings (SSSR count). The predicted molar refractivity (Wildman–Crippen MR) is 99.4 cm³/mol. The Bertz CT molecular complexity index is 1070. The molecule has 6 nitrogen and oxygen atoms in total. The van der Waals surface area contributed by atoms with E-state index >= 15 is 0 Å². The van der Waals surface area contributed by atoms with E-state index in [0.29, 0.717) is 28.5 Å². The van der Waals surface area contributed by atoms with Crippen molar-refractivity contribution in [3.05, 3.63) is 89.1 Å². The normalized spacial score (nSPS) is 10.8. The van der Waals surface area contributed by atoms with Crippen molar-refractivity contribution in [1.29, 1.82) is 0 Å². The lowest BCUT2D eigenvalue weighted by Crippen LogP contribution is -2.14. The number of nitrogens with zero attached hydrogens (tertiary/aromatic N) is 4. The van der Waals surface area contributed by atoms with Crippen molar-refractivity contribution in [2.24, 2.45) is 0 Å². The van der Waals surface area contributed by atoms with Gasteiger partial charge in [0.25, 0.3) is 5.91 Å². The SMILES string of the molecule is O=C(Nc1ccc2nncn2c1)c1ccc(Cc2cccc(Cl)c2)cn1. The van der Waals surface area contributed by atoms with E-state index in [9.17, 15) is 4.79 Å². The number of anilines is 1. The Morgan fingerprint density at radius 3 is 2.85 bits per heavy atom. The first-order chi connectivity index (χ1) is 12.7. The molecule has 1 aromatic carbocycles. The Hall–Kier alpha value is -3.25. The van der Waals surface area contributed by atoms with Gasteiger partial charge in [-0.1, -0.05) is 29.8 Å². The molecule has 0 aliphatic rings. The molecule has 0 aliphatic carbocycles. The molecule has 0 saturated heterocycles. The number of benzene rings is 1. The van der Waals surface area contributed by atoms with Gasteiger partial charge in [0.1, 0.15) is 12.0 Å². The molecule has 1 N–H and O–H groups in total. The van der Waals surface area contributed by atoms with E-state index in [1.54, 1.807) is 41.3 Å². The van der Waals surface area contributed by atoms with Crippen molar-refractivity contribution in [3.8, 4) is 0 Å². The van der Waals surface area contributed by atoms with Gasteiger partial charge in [0.15, 0.2) is 5.65 Å². The minimum absolute atomic E-state index is 0.272. The van der Waals surface area contributed by atoms with Gasteiger partial charge in [-0.3, -0.25) is 14.2 Å². The third-order valence-electron chi connectivity index (χ3n) is 3.90. The summed E-state index contributed by atoms with van der Waals surface area (Å²) in [6, 6.07) is 14.8. The zero-order chi connectivity index (χ0) is 17.9. The quantitative estimate of drug-likeness (QED) is 0.601. The van der Waals surface area contributed by atoms with Gasteiger partial charge in [-0.2, -0.15) is 0 Å². The van der Waals surface area contributed by atoms with Crippen LogP contribution < -0.4 is 5.32 Å². The van der Waals surface area contributed by atoms with Crippen LogP contribution in [0.3, 0.4) is 0 Å². The topological polar surface area (TPSA) is 72.2 Å². The molecule has 0 fully saturated rings. The lowest BCUT2D eigenvalue weighted by molar-refractivity contribution is 0.102. The third-order valence-corrected chi connectivity index (χ3v) is 4.14. The zero-order valence-corrected chi connectivity index (χ0v) is 14.4. The molecule has 0 unspecified atom stereocenters. The molecule has 3 heterocycles. The van der Waals surface area contributed by atoms with Crippen molar-refractivity contribution in [2.45, 2.75) is 6.42 Å². The number of halogens is 1. The van der Waals surface area contributed by atoms with Crippen LogP contribution in [0.2, 0.25) is 5.02 Å². The molecule has 4 aromatic rings. The second-order valence-corrected chi connectivity index (χ2v) is 6.26. The van der Waals surface area contributed by atoms with E-state index < -0.39 is 0 Å². The summed E-state index contributed by atoms with van der Waals surface area (Å²) in [4.78, 5) is 16.6. The fourth-order valence-electron chi connectivity index (χ4n) is 2.64. The highest BCUT2D eigenvalue weighted by molar-refractivity contribution is 6.30. The van der Waals surface area contributed by atoms with Crippen LogP contribution in [0.1, 0.15) is 21.6 Å². The van der Waals surface area contributed by atoms with Crippen LogP contribution in [0.4, 0.5) is 5.69 Å². The number of hydrogen-bond acceptors (Lipinski definition) is 4. The first-order valence-corrected chi connectivity index (χ1v) is 8.35. The van der Waals surface area contributed by atoms with Gasteiger partial charge in [0, 0.05) is 17.4 Å². The summed E-state index contributed by atoms with van der Waals surface area (Å²) < 4.78 is 1.73. The summed E-state index contributed by atoms with van der Waals surface area (Å²) >= 11 is 6.01. The highest BCUT2D eigenvalue weighted by Crippen LogP contribution is 2.15. The monoisotopic (exact) mass is 363 g/mol. The summed E-state index contributed by atoms with van der Waals surface area (Å²) in [6.45, 7) is 0. The van der Waals surface area contributed by atoms with Gasteiger partial charge in [0.2, 0.25) is 0 Å². The number of hydrogen-bond donors (Lipinski definition) is 1. The smallest absolute Gasteiger partial charge is 0.274 e. The maximum atomic E-state index is 12.4. The van der Waals surface area contributed by atoms with Gasteiger partial charge in [-0.15, -0.1) is 10.2 Å². The Balaban J connectivity index is 1.46. The minimum atomic E-state index is -0.272. The number of aromatic nitrogens is 4. The minimum Gasteiger partial charge on any atom is -0.319 e. The Labute approximate surface area is 154 Å². The van der Waals surface area contributed by atoms with Crippen LogP contribution in [0.15, 0.2) is 67.3 Å². The first-order valence-electron chi connectivity index (χ1n) is 7.97. The highest BCUT2D eigenvalue weighted by Gasteiger charge is 2.09. The van der Waals surface area contributed by atoms with Crippen LogP contribution in [-0.2, 0) is 6.42 Å². The number of amides is 1. The molecule has 0 bridgehead atoms. The molecule has 3 aromatic heterocycles. The van der Waals surface area contributed by atoms with Crippen LogP contribution in [-0.4, -0.2) is 25.5 Å². The van der Waals surface area contributed by atoms with E-state index in [0.717, 1.165) is 11.1 Å². The largest absolute Gasteiger partial charge is 0.319 e. The predicted octanol–water partition coefficient (Wildman–Crippen LogP) is 3.62. The van der Waals surface area contributed by atoms with Gasteiger partial charge < -0.3 is 5.32 Å². The number of pyridine rings is 2. The first kappa shape index (κ1) is 16.2. The molecular formula is C19H14ClN5O. The highest BCUT2D eigenvalue weighted by atomic mass is 35.5. The lowest BCUT2D eigenvalue weighted by Gasteiger charge is -2.06. The van der Waals surface area contributed by atoms with Crippen LogP contribution >= 0.6 is 11.6 Å². The van der Waals surface area contributed by atoms with Gasteiger partial charge in [-0.05, 0) is 47.9 Å². The number of carbonyl (C=O) groups is 1. The van der Waals surface area contributed by atoms with Crippen molar-refractivity contribution < 1.29 is 4.79 Å². The fourth-order valence-corrected chi connectivity index (χ4v) is 2.86. The molecule has 1 amide bonds. The van der Waals surface area contributed by atoms with E-state index in [2.05, 4.69) is 20.5 Å². The van der Waals surface area contributed by atoms with E-state index in [1.807, 2.05) is 30.3 Å². The second-order valence-electron chi connectivity index (χ2n) is 5.83. The Morgan fingerprint density at radius 2 is 2.04 bits per heavy atom. The number of fused-ring (bicyclic) bond motifs is 1. The summed E-state index contributed by atoms with van der Waals surface area (Å²) in [5.74, 6) is -0.272. The van der Waals surface area contributed by atoms with Crippen LogP contribution in [0.5, 0.6) is 0 Å². The average Bonchev–Trinajstić information content (AvgIpc) is 3.10. The third kappa shape index (κ3) is 3.55.